The van der Waals surface area contributed by atoms with Gasteiger partial charge in [0.15, 0.2) is 0 Å². The number of pyridine rings is 1. The Labute approximate surface area is 110 Å². The van der Waals surface area contributed by atoms with Crippen molar-refractivity contribution in [3.8, 4) is 0 Å². The van der Waals surface area contributed by atoms with E-state index in [1.807, 2.05) is 6.07 Å². The van der Waals surface area contributed by atoms with E-state index in [1.54, 1.807) is 0 Å². The van der Waals surface area contributed by atoms with E-state index in [2.05, 4.69) is 53.0 Å². The summed E-state index contributed by atoms with van der Waals surface area (Å²) >= 11 is 0. The molecule has 2 heterocycles. The van der Waals surface area contributed by atoms with Gasteiger partial charge in [-0.05, 0) is 32.9 Å². The highest BCUT2D eigenvalue weighted by Gasteiger charge is 2.19. The maximum absolute atomic E-state index is 4.65. The first-order valence-electron chi connectivity index (χ1n) is 6.90. The number of rotatable bonds is 4. The van der Waals surface area contributed by atoms with Crippen molar-refractivity contribution in [2.45, 2.75) is 26.8 Å². The van der Waals surface area contributed by atoms with Gasteiger partial charge in [-0.15, -0.1) is 0 Å². The summed E-state index contributed by atoms with van der Waals surface area (Å²) in [5, 5.41) is 3.27. The highest BCUT2D eigenvalue weighted by atomic mass is 15.3. The number of aromatic nitrogens is 1. The molecule has 1 aromatic heterocycles. The highest BCUT2D eigenvalue weighted by molar-refractivity contribution is 5.47. The summed E-state index contributed by atoms with van der Waals surface area (Å²) in [4.78, 5) is 9.55. The van der Waals surface area contributed by atoms with Crippen LogP contribution >= 0.6 is 0 Å². The molecular formula is C14H24N4. The van der Waals surface area contributed by atoms with Gasteiger partial charge in [-0.1, -0.05) is 6.07 Å². The molecule has 2 rings (SSSR count). The maximum atomic E-state index is 4.65. The van der Waals surface area contributed by atoms with Gasteiger partial charge in [-0.25, -0.2) is 4.98 Å². The first-order chi connectivity index (χ1) is 8.70. The van der Waals surface area contributed by atoms with Crippen LogP contribution in [-0.4, -0.2) is 48.6 Å². The van der Waals surface area contributed by atoms with Crippen LogP contribution in [0, 0.1) is 0 Å². The monoisotopic (exact) mass is 248 g/mol. The number of anilines is 2. The molecule has 1 saturated heterocycles. The van der Waals surface area contributed by atoms with Crippen LogP contribution in [0.25, 0.3) is 0 Å². The molecule has 1 aromatic rings. The van der Waals surface area contributed by atoms with Gasteiger partial charge >= 0.3 is 0 Å². The summed E-state index contributed by atoms with van der Waals surface area (Å²) in [7, 11) is 0. The molecule has 0 aromatic carbocycles. The fourth-order valence-corrected chi connectivity index (χ4v) is 2.35. The number of hydrogen-bond donors (Lipinski definition) is 1. The van der Waals surface area contributed by atoms with Crippen molar-refractivity contribution in [3.05, 3.63) is 18.2 Å². The van der Waals surface area contributed by atoms with Crippen molar-refractivity contribution >= 4 is 11.6 Å². The third-order valence-corrected chi connectivity index (χ3v) is 3.46. The summed E-state index contributed by atoms with van der Waals surface area (Å²) in [6, 6.07) is 6.85. The van der Waals surface area contributed by atoms with E-state index < -0.39 is 0 Å². The van der Waals surface area contributed by atoms with Crippen molar-refractivity contribution in [2.24, 2.45) is 0 Å². The SMILES string of the molecule is CCNc1cccc(N2CCN(C(C)C)CC2)n1. The average molecular weight is 248 g/mol. The molecule has 1 aliphatic heterocycles. The van der Waals surface area contributed by atoms with Gasteiger partial charge in [-0.3, -0.25) is 4.90 Å². The van der Waals surface area contributed by atoms with Crippen LogP contribution in [0.4, 0.5) is 11.6 Å². The fraction of sp³-hybridized carbons (Fsp3) is 0.643. The van der Waals surface area contributed by atoms with Crippen LogP contribution in [0.3, 0.4) is 0 Å². The lowest BCUT2D eigenvalue weighted by atomic mass is 10.2. The van der Waals surface area contributed by atoms with Gasteiger partial charge < -0.3 is 10.2 Å². The predicted molar refractivity (Wildman–Crippen MR) is 77.3 cm³/mol. The van der Waals surface area contributed by atoms with Gasteiger partial charge in [0, 0.05) is 38.8 Å². The molecule has 0 amide bonds. The molecule has 4 nitrogen and oxygen atoms in total. The second-order valence-corrected chi connectivity index (χ2v) is 5.03. The summed E-state index contributed by atoms with van der Waals surface area (Å²) in [5.74, 6) is 2.07. The number of hydrogen-bond acceptors (Lipinski definition) is 4. The lowest BCUT2D eigenvalue weighted by molar-refractivity contribution is 0.209. The average Bonchev–Trinajstić information content (AvgIpc) is 2.39. The van der Waals surface area contributed by atoms with Crippen LogP contribution < -0.4 is 10.2 Å². The Morgan fingerprint density at radius 3 is 2.56 bits per heavy atom. The van der Waals surface area contributed by atoms with Crippen LogP contribution in [0.5, 0.6) is 0 Å². The number of nitrogens with one attached hydrogen (secondary N) is 1. The molecule has 0 atom stereocenters. The lowest BCUT2D eigenvalue weighted by Gasteiger charge is -2.37. The predicted octanol–water partition coefficient (Wildman–Crippen LogP) is 2.04. The summed E-state index contributed by atoms with van der Waals surface area (Å²) < 4.78 is 0. The quantitative estimate of drug-likeness (QED) is 0.883. The minimum absolute atomic E-state index is 0.646. The van der Waals surface area contributed by atoms with E-state index in [9.17, 15) is 0 Å². The van der Waals surface area contributed by atoms with Gasteiger partial charge in [-0.2, -0.15) is 0 Å². The lowest BCUT2D eigenvalue weighted by Crippen LogP contribution is -2.49. The third-order valence-electron chi connectivity index (χ3n) is 3.46. The van der Waals surface area contributed by atoms with Crippen LogP contribution in [0.2, 0.25) is 0 Å². The molecular weight excluding hydrogens is 224 g/mol. The van der Waals surface area contributed by atoms with E-state index in [4.69, 9.17) is 0 Å². The summed E-state index contributed by atoms with van der Waals surface area (Å²) in [5.41, 5.74) is 0. The Morgan fingerprint density at radius 2 is 1.94 bits per heavy atom. The fourth-order valence-electron chi connectivity index (χ4n) is 2.35. The molecule has 0 spiro atoms. The highest BCUT2D eigenvalue weighted by Crippen LogP contribution is 2.17. The Balaban J connectivity index is 1.98. The second kappa shape index (κ2) is 6.05. The number of nitrogens with zero attached hydrogens (tertiary/aromatic N) is 3. The zero-order valence-electron chi connectivity index (χ0n) is 11.7. The Hall–Kier alpha value is -1.29. The molecule has 0 radical (unpaired) electrons. The summed E-state index contributed by atoms with van der Waals surface area (Å²) in [6.07, 6.45) is 0. The Morgan fingerprint density at radius 1 is 1.22 bits per heavy atom. The molecule has 1 N–H and O–H groups in total. The Bertz CT molecular complexity index is 370. The van der Waals surface area contributed by atoms with E-state index in [-0.39, 0.29) is 0 Å². The normalized spacial score (nSPS) is 17.2. The zero-order chi connectivity index (χ0) is 13.0. The van der Waals surface area contributed by atoms with E-state index in [0.717, 1.165) is 44.4 Å². The van der Waals surface area contributed by atoms with E-state index >= 15 is 0 Å². The minimum atomic E-state index is 0.646. The second-order valence-electron chi connectivity index (χ2n) is 5.03. The van der Waals surface area contributed by atoms with Crippen molar-refractivity contribution in [1.29, 1.82) is 0 Å². The standard InChI is InChI=1S/C14H24N4/c1-4-15-13-6-5-7-14(16-13)18-10-8-17(9-11-18)12(2)3/h5-7,12H,4,8-11H2,1-3H3,(H,15,16). The molecule has 4 heteroatoms. The van der Waals surface area contributed by atoms with Crippen LogP contribution in [0.1, 0.15) is 20.8 Å². The van der Waals surface area contributed by atoms with Crippen LogP contribution in [0.15, 0.2) is 18.2 Å². The molecule has 0 unspecified atom stereocenters. The topological polar surface area (TPSA) is 31.4 Å². The maximum Gasteiger partial charge on any atom is 0.131 e. The first-order valence-corrected chi connectivity index (χ1v) is 6.90. The van der Waals surface area contributed by atoms with E-state index in [1.165, 1.54) is 0 Å². The van der Waals surface area contributed by atoms with Gasteiger partial charge in [0.05, 0.1) is 0 Å². The van der Waals surface area contributed by atoms with Crippen molar-refractivity contribution in [1.82, 2.24) is 9.88 Å². The van der Waals surface area contributed by atoms with Gasteiger partial charge in [0.25, 0.3) is 0 Å². The molecule has 0 saturated carbocycles. The minimum Gasteiger partial charge on any atom is -0.370 e. The van der Waals surface area contributed by atoms with E-state index in [0.29, 0.717) is 6.04 Å². The third kappa shape index (κ3) is 3.13. The van der Waals surface area contributed by atoms with Crippen LogP contribution in [-0.2, 0) is 0 Å². The zero-order valence-corrected chi connectivity index (χ0v) is 11.7. The van der Waals surface area contributed by atoms with Gasteiger partial charge in [0.2, 0.25) is 0 Å². The molecule has 100 valence electrons. The molecule has 18 heavy (non-hydrogen) atoms. The van der Waals surface area contributed by atoms with Gasteiger partial charge in [0.1, 0.15) is 11.6 Å². The largest absolute Gasteiger partial charge is 0.370 e. The van der Waals surface area contributed by atoms with Crippen molar-refractivity contribution < 1.29 is 0 Å². The molecule has 1 fully saturated rings. The van der Waals surface area contributed by atoms with Crippen molar-refractivity contribution in [3.63, 3.8) is 0 Å². The molecule has 1 aliphatic rings. The number of piperazine rings is 1. The summed E-state index contributed by atoms with van der Waals surface area (Å²) in [6.45, 7) is 11.9. The molecule has 0 aliphatic carbocycles. The first kappa shape index (κ1) is 13.1. The Kier molecular flexibility index (Phi) is 4.42. The molecule has 0 bridgehead atoms. The smallest absolute Gasteiger partial charge is 0.131 e. The van der Waals surface area contributed by atoms with Crippen molar-refractivity contribution in [2.75, 3.05) is 42.9 Å².